The molecule has 0 bridgehead atoms. The summed E-state index contributed by atoms with van der Waals surface area (Å²) in [4.78, 5) is 6.60. The van der Waals surface area contributed by atoms with Gasteiger partial charge in [-0.15, -0.1) is 0 Å². The van der Waals surface area contributed by atoms with Crippen molar-refractivity contribution in [3.8, 4) is 0 Å². The van der Waals surface area contributed by atoms with Crippen LogP contribution in [-0.2, 0) is 6.54 Å². The van der Waals surface area contributed by atoms with Gasteiger partial charge in [-0.3, -0.25) is 0 Å². The van der Waals surface area contributed by atoms with Gasteiger partial charge in [-0.25, -0.2) is 0 Å². The molecule has 1 saturated carbocycles. The Labute approximate surface area is 103 Å². The number of nitrogens with zero attached hydrogens (tertiary/aromatic N) is 2. The van der Waals surface area contributed by atoms with Gasteiger partial charge in [0.05, 0.1) is 5.69 Å². The maximum absolute atomic E-state index is 5.49. The number of rotatable bonds is 7. The second kappa shape index (κ2) is 5.54. The lowest BCUT2D eigenvalue weighted by atomic mass is 10.2. The highest BCUT2D eigenvalue weighted by molar-refractivity contribution is 5.25. The van der Waals surface area contributed by atoms with E-state index in [4.69, 9.17) is 4.42 Å². The van der Waals surface area contributed by atoms with Crippen LogP contribution in [0.25, 0.3) is 0 Å². The molecule has 0 aliphatic heterocycles. The van der Waals surface area contributed by atoms with Gasteiger partial charge in [0, 0.05) is 20.1 Å². The zero-order chi connectivity index (χ0) is 12.3. The molecular weight excluding hydrogens is 214 g/mol. The van der Waals surface area contributed by atoms with E-state index in [-0.39, 0.29) is 0 Å². The maximum atomic E-state index is 5.49. The molecule has 96 valence electrons. The Bertz CT molecular complexity index is 344. The van der Waals surface area contributed by atoms with Crippen LogP contribution >= 0.6 is 0 Å². The molecule has 0 spiro atoms. The zero-order valence-corrected chi connectivity index (χ0v) is 11.1. The molecule has 4 heteroatoms. The van der Waals surface area contributed by atoms with Crippen molar-refractivity contribution < 1.29 is 4.42 Å². The first-order valence-electron chi connectivity index (χ1n) is 6.51. The average molecular weight is 237 g/mol. The summed E-state index contributed by atoms with van der Waals surface area (Å²) in [5.41, 5.74) is 0.989. The van der Waals surface area contributed by atoms with Crippen molar-refractivity contribution >= 4 is 6.01 Å². The minimum absolute atomic E-state index is 0.666. The van der Waals surface area contributed by atoms with Crippen LogP contribution in [0.3, 0.4) is 0 Å². The molecular formula is C13H23N3O. The largest absolute Gasteiger partial charge is 0.432 e. The number of hydrogen-bond acceptors (Lipinski definition) is 4. The number of hydrogen-bond donors (Lipinski definition) is 1. The summed E-state index contributed by atoms with van der Waals surface area (Å²) in [6, 6.07) is 0.748. The number of anilines is 1. The van der Waals surface area contributed by atoms with Crippen LogP contribution in [0.1, 0.15) is 32.4 Å². The van der Waals surface area contributed by atoms with E-state index in [9.17, 15) is 0 Å². The molecule has 1 aliphatic carbocycles. The molecule has 0 radical (unpaired) electrons. The van der Waals surface area contributed by atoms with Gasteiger partial charge >= 0.3 is 0 Å². The quantitative estimate of drug-likeness (QED) is 0.790. The predicted octanol–water partition coefficient (Wildman–Crippen LogP) is 2.27. The topological polar surface area (TPSA) is 41.3 Å². The van der Waals surface area contributed by atoms with Crippen molar-refractivity contribution in [3.05, 3.63) is 12.0 Å². The molecule has 0 atom stereocenters. The van der Waals surface area contributed by atoms with E-state index in [0.717, 1.165) is 37.3 Å². The van der Waals surface area contributed by atoms with Gasteiger partial charge in [0.15, 0.2) is 0 Å². The van der Waals surface area contributed by atoms with Gasteiger partial charge in [0.2, 0.25) is 0 Å². The average Bonchev–Trinajstić information content (AvgIpc) is 2.94. The fourth-order valence-electron chi connectivity index (χ4n) is 1.81. The first-order valence-corrected chi connectivity index (χ1v) is 6.51. The fraction of sp³-hybridized carbons (Fsp3) is 0.769. The smallest absolute Gasteiger partial charge is 0.297 e. The first-order chi connectivity index (χ1) is 8.15. The van der Waals surface area contributed by atoms with Crippen LogP contribution in [-0.4, -0.2) is 25.1 Å². The van der Waals surface area contributed by atoms with E-state index in [1.165, 1.54) is 12.8 Å². The maximum Gasteiger partial charge on any atom is 0.297 e. The summed E-state index contributed by atoms with van der Waals surface area (Å²) in [5.74, 6) is 1.52. The normalized spacial score (nSPS) is 15.5. The van der Waals surface area contributed by atoms with Gasteiger partial charge < -0.3 is 14.6 Å². The molecule has 0 unspecified atom stereocenters. The fourth-order valence-corrected chi connectivity index (χ4v) is 1.81. The minimum atomic E-state index is 0.666. The van der Waals surface area contributed by atoms with E-state index in [1.54, 1.807) is 6.26 Å². The van der Waals surface area contributed by atoms with Crippen molar-refractivity contribution in [1.29, 1.82) is 0 Å². The van der Waals surface area contributed by atoms with Crippen molar-refractivity contribution in [2.45, 2.75) is 33.2 Å². The summed E-state index contributed by atoms with van der Waals surface area (Å²) in [6.45, 7) is 7.27. The molecule has 1 N–H and O–H groups in total. The molecule has 1 heterocycles. The third kappa shape index (κ3) is 4.04. The van der Waals surface area contributed by atoms with Gasteiger partial charge in [0.25, 0.3) is 6.01 Å². The van der Waals surface area contributed by atoms with Crippen LogP contribution in [0, 0.1) is 11.8 Å². The highest BCUT2D eigenvalue weighted by Crippen LogP contribution is 2.30. The summed E-state index contributed by atoms with van der Waals surface area (Å²) in [7, 11) is 2.05. The second-order valence-corrected chi connectivity index (χ2v) is 5.47. The standard InChI is InChI=1S/C13H23N3O/c1-10(2)6-14-7-12-9-17-13(15-12)16(3)8-11-4-5-11/h9-11,14H,4-8H2,1-3H3. The van der Waals surface area contributed by atoms with Crippen LogP contribution in [0.15, 0.2) is 10.7 Å². The highest BCUT2D eigenvalue weighted by atomic mass is 16.4. The summed E-state index contributed by atoms with van der Waals surface area (Å²) in [5, 5.41) is 3.37. The molecule has 2 rings (SSSR count). The lowest BCUT2D eigenvalue weighted by Crippen LogP contribution is -2.21. The lowest BCUT2D eigenvalue weighted by molar-refractivity contribution is 0.532. The van der Waals surface area contributed by atoms with Crippen molar-refractivity contribution in [2.75, 3.05) is 25.0 Å². The minimum Gasteiger partial charge on any atom is -0.432 e. The number of nitrogens with one attached hydrogen (secondary N) is 1. The van der Waals surface area contributed by atoms with Crippen LogP contribution in [0.5, 0.6) is 0 Å². The summed E-state index contributed by atoms with van der Waals surface area (Å²) < 4.78 is 5.49. The van der Waals surface area contributed by atoms with E-state index in [1.807, 2.05) is 0 Å². The number of oxazole rings is 1. The Hall–Kier alpha value is -1.03. The molecule has 1 fully saturated rings. The lowest BCUT2D eigenvalue weighted by Gasteiger charge is -2.12. The van der Waals surface area contributed by atoms with E-state index >= 15 is 0 Å². The van der Waals surface area contributed by atoms with E-state index in [0.29, 0.717) is 5.92 Å². The molecule has 17 heavy (non-hydrogen) atoms. The molecule has 0 amide bonds. The van der Waals surface area contributed by atoms with Crippen LogP contribution in [0.4, 0.5) is 6.01 Å². The second-order valence-electron chi connectivity index (χ2n) is 5.47. The third-order valence-electron chi connectivity index (χ3n) is 2.95. The van der Waals surface area contributed by atoms with Gasteiger partial charge in [-0.2, -0.15) is 4.98 Å². The highest BCUT2D eigenvalue weighted by Gasteiger charge is 2.24. The Balaban J connectivity index is 1.77. The van der Waals surface area contributed by atoms with Gasteiger partial charge in [-0.05, 0) is 31.2 Å². The summed E-state index contributed by atoms with van der Waals surface area (Å²) >= 11 is 0. The number of aromatic nitrogens is 1. The SMILES string of the molecule is CC(C)CNCc1coc(N(C)CC2CC2)n1. The van der Waals surface area contributed by atoms with Crippen LogP contribution < -0.4 is 10.2 Å². The molecule has 0 saturated heterocycles. The Morgan fingerprint density at radius 3 is 2.94 bits per heavy atom. The first kappa shape index (κ1) is 12.4. The Morgan fingerprint density at radius 2 is 2.29 bits per heavy atom. The van der Waals surface area contributed by atoms with Crippen molar-refractivity contribution in [3.63, 3.8) is 0 Å². The van der Waals surface area contributed by atoms with Crippen molar-refractivity contribution in [1.82, 2.24) is 10.3 Å². The van der Waals surface area contributed by atoms with Crippen molar-refractivity contribution in [2.24, 2.45) is 11.8 Å². The van der Waals surface area contributed by atoms with E-state index in [2.05, 4.69) is 36.1 Å². The van der Waals surface area contributed by atoms with Crippen LogP contribution in [0.2, 0.25) is 0 Å². The zero-order valence-electron chi connectivity index (χ0n) is 11.1. The van der Waals surface area contributed by atoms with Gasteiger partial charge in [0.1, 0.15) is 6.26 Å². The van der Waals surface area contributed by atoms with E-state index < -0.39 is 0 Å². The molecule has 1 aliphatic rings. The Kier molecular flexibility index (Phi) is 4.05. The predicted molar refractivity (Wildman–Crippen MR) is 69.0 cm³/mol. The molecule has 0 aromatic carbocycles. The molecule has 1 aromatic heterocycles. The Morgan fingerprint density at radius 1 is 1.53 bits per heavy atom. The summed E-state index contributed by atoms with van der Waals surface area (Å²) in [6.07, 6.45) is 4.47. The third-order valence-corrected chi connectivity index (χ3v) is 2.95. The molecule has 1 aromatic rings. The molecule has 4 nitrogen and oxygen atoms in total. The van der Waals surface area contributed by atoms with Gasteiger partial charge in [-0.1, -0.05) is 13.8 Å². The monoisotopic (exact) mass is 237 g/mol.